The molecule has 3 heteroatoms. The minimum Gasteiger partial charge on any atom is -0.411 e. The number of oxime groups is 1. The summed E-state index contributed by atoms with van der Waals surface area (Å²) in [6.07, 6.45) is 2.74. The molecule has 0 aliphatic rings. The molecule has 0 aliphatic carbocycles. The molecule has 0 unspecified atom stereocenters. The molecule has 15 heavy (non-hydrogen) atoms. The number of nitrogens with zero attached hydrogens (tertiary/aromatic N) is 1. The molecule has 3 nitrogen and oxygen atoms in total. The normalized spacial score (nSPS) is 11.7. The lowest BCUT2D eigenvalue weighted by molar-refractivity contribution is 0.193. The van der Waals surface area contributed by atoms with Crippen molar-refractivity contribution in [2.24, 2.45) is 5.16 Å². The molecule has 0 bridgehead atoms. The van der Waals surface area contributed by atoms with E-state index in [-0.39, 0.29) is 0 Å². The van der Waals surface area contributed by atoms with Gasteiger partial charge in [0.25, 0.3) is 0 Å². The van der Waals surface area contributed by atoms with E-state index >= 15 is 0 Å². The van der Waals surface area contributed by atoms with Gasteiger partial charge < -0.3 is 9.94 Å². The molecule has 0 spiro atoms. The number of hydrogen-bond acceptors (Lipinski definition) is 3. The van der Waals surface area contributed by atoms with Gasteiger partial charge in [0.15, 0.2) is 0 Å². The van der Waals surface area contributed by atoms with Crippen molar-refractivity contribution in [1.29, 1.82) is 0 Å². The van der Waals surface area contributed by atoms with Crippen molar-refractivity contribution in [3.05, 3.63) is 35.9 Å². The van der Waals surface area contributed by atoms with Crippen LogP contribution in [0.5, 0.6) is 0 Å². The SMILES string of the molecule is COCCCC/C(=N\O)c1ccccc1. The van der Waals surface area contributed by atoms with Crippen molar-refractivity contribution in [1.82, 2.24) is 0 Å². The molecule has 0 aromatic heterocycles. The third-order valence-electron chi connectivity index (χ3n) is 2.24. The van der Waals surface area contributed by atoms with E-state index in [0.29, 0.717) is 0 Å². The summed E-state index contributed by atoms with van der Waals surface area (Å²) < 4.78 is 4.96. The van der Waals surface area contributed by atoms with E-state index in [2.05, 4.69) is 5.16 Å². The van der Waals surface area contributed by atoms with Gasteiger partial charge in [-0.05, 0) is 24.8 Å². The largest absolute Gasteiger partial charge is 0.411 e. The van der Waals surface area contributed by atoms with Gasteiger partial charge in [0, 0.05) is 13.7 Å². The Hall–Kier alpha value is -1.35. The molecule has 0 radical (unpaired) electrons. The van der Waals surface area contributed by atoms with Gasteiger partial charge in [0.2, 0.25) is 0 Å². The minimum atomic E-state index is 0.742. The number of hydrogen-bond donors (Lipinski definition) is 1. The molecule has 82 valence electrons. The van der Waals surface area contributed by atoms with Crippen LogP contribution in [0.3, 0.4) is 0 Å². The fourth-order valence-corrected chi connectivity index (χ4v) is 1.42. The Bertz CT molecular complexity index is 296. The predicted molar refractivity (Wildman–Crippen MR) is 60.5 cm³/mol. The van der Waals surface area contributed by atoms with Crippen LogP contribution in [0.25, 0.3) is 0 Å². The highest BCUT2D eigenvalue weighted by molar-refractivity contribution is 6.00. The molecule has 1 N–H and O–H groups in total. The van der Waals surface area contributed by atoms with Crippen molar-refractivity contribution >= 4 is 5.71 Å². The van der Waals surface area contributed by atoms with Crippen molar-refractivity contribution in [2.75, 3.05) is 13.7 Å². The van der Waals surface area contributed by atoms with Crippen molar-refractivity contribution in [2.45, 2.75) is 19.3 Å². The second-order valence-corrected chi connectivity index (χ2v) is 3.36. The average Bonchev–Trinajstić information content (AvgIpc) is 2.30. The van der Waals surface area contributed by atoms with Crippen LogP contribution in [0.1, 0.15) is 24.8 Å². The van der Waals surface area contributed by atoms with Crippen LogP contribution in [0.4, 0.5) is 0 Å². The van der Waals surface area contributed by atoms with Gasteiger partial charge in [-0.3, -0.25) is 0 Å². The zero-order chi connectivity index (χ0) is 10.9. The summed E-state index contributed by atoms with van der Waals surface area (Å²) in [7, 11) is 1.69. The molecule has 1 aromatic rings. The minimum absolute atomic E-state index is 0.742. The summed E-state index contributed by atoms with van der Waals surface area (Å²) in [6.45, 7) is 0.757. The topological polar surface area (TPSA) is 41.8 Å². The molecule has 0 saturated carbocycles. The summed E-state index contributed by atoms with van der Waals surface area (Å²) in [5.41, 5.74) is 1.73. The zero-order valence-electron chi connectivity index (χ0n) is 9.02. The first kappa shape index (κ1) is 11.7. The van der Waals surface area contributed by atoms with Crippen molar-refractivity contribution < 1.29 is 9.94 Å². The third kappa shape index (κ3) is 4.13. The van der Waals surface area contributed by atoms with E-state index in [9.17, 15) is 0 Å². The monoisotopic (exact) mass is 207 g/mol. The second-order valence-electron chi connectivity index (χ2n) is 3.36. The molecule has 1 rings (SSSR count). The Kier molecular flexibility index (Phi) is 5.48. The van der Waals surface area contributed by atoms with Crippen LogP contribution < -0.4 is 0 Å². The summed E-state index contributed by atoms with van der Waals surface area (Å²) in [5, 5.41) is 12.2. The molecule has 0 heterocycles. The summed E-state index contributed by atoms with van der Waals surface area (Å²) >= 11 is 0. The molecular weight excluding hydrogens is 190 g/mol. The molecule has 0 aliphatic heterocycles. The molecular formula is C12H17NO2. The van der Waals surface area contributed by atoms with E-state index in [4.69, 9.17) is 9.94 Å². The summed E-state index contributed by atoms with van der Waals surface area (Å²) in [5.74, 6) is 0. The van der Waals surface area contributed by atoms with E-state index in [1.807, 2.05) is 30.3 Å². The maximum absolute atomic E-state index is 8.89. The van der Waals surface area contributed by atoms with E-state index in [1.54, 1.807) is 7.11 Å². The molecule has 1 aromatic carbocycles. The Morgan fingerprint density at radius 2 is 2.00 bits per heavy atom. The van der Waals surface area contributed by atoms with E-state index in [0.717, 1.165) is 37.1 Å². The smallest absolute Gasteiger partial charge is 0.0867 e. The third-order valence-corrected chi connectivity index (χ3v) is 2.24. The highest BCUT2D eigenvalue weighted by Gasteiger charge is 2.02. The van der Waals surface area contributed by atoms with Gasteiger partial charge in [-0.15, -0.1) is 0 Å². The lowest BCUT2D eigenvalue weighted by atomic mass is 10.1. The maximum Gasteiger partial charge on any atom is 0.0867 e. The van der Waals surface area contributed by atoms with Gasteiger partial charge in [-0.1, -0.05) is 35.5 Å². The van der Waals surface area contributed by atoms with Crippen LogP contribution in [0.2, 0.25) is 0 Å². The first-order chi connectivity index (χ1) is 7.38. The van der Waals surface area contributed by atoms with Gasteiger partial charge >= 0.3 is 0 Å². The van der Waals surface area contributed by atoms with E-state index < -0.39 is 0 Å². The second kappa shape index (κ2) is 7.01. The van der Waals surface area contributed by atoms with Crippen molar-refractivity contribution in [3.63, 3.8) is 0 Å². The van der Waals surface area contributed by atoms with Crippen LogP contribution in [0, 0.1) is 0 Å². The van der Waals surface area contributed by atoms with Crippen LogP contribution >= 0.6 is 0 Å². The van der Waals surface area contributed by atoms with Crippen LogP contribution in [0.15, 0.2) is 35.5 Å². The maximum atomic E-state index is 8.89. The lowest BCUT2D eigenvalue weighted by Crippen LogP contribution is -2.01. The fraction of sp³-hybridized carbons (Fsp3) is 0.417. The summed E-state index contributed by atoms with van der Waals surface area (Å²) in [4.78, 5) is 0. The molecule has 0 saturated heterocycles. The molecule has 0 atom stereocenters. The highest BCUT2D eigenvalue weighted by atomic mass is 16.5. The number of rotatable bonds is 6. The number of ether oxygens (including phenoxy) is 1. The van der Waals surface area contributed by atoms with Crippen LogP contribution in [-0.2, 0) is 4.74 Å². The van der Waals surface area contributed by atoms with Gasteiger partial charge in [0.05, 0.1) is 5.71 Å². The Labute approximate surface area is 90.4 Å². The highest BCUT2D eigenvalue weighted by Crippen LogP contribution is 2.07. The fourth-order valence-electron chi connectivity index (χ4n) is 1.42. The van der Waals surface area contributed by atoms with Crippen molar-refractivity contribution in [3.8, 4) is 0 Å². The molecule has 0 amide bonds. The average molecular weight is 207 g/mol. The first-order valence-electron chi connectivity index (χ1n) is 5.13. The quantitative estimate of drug-likeness (QED) is 0.337. The Morgan fingerprint density at radius 1 is 1.27 bits per heavy atom. The Balaban J connectivity index is 2.44. The van der Waals surface area contributed by atoms with Gasteiger partial charge in [-0.2, -0.15) is 0 Å². The van der Waals surface area contributed by atoms with Gasteiger partial charge in [0.1, 0.15) is 0 Å². The Morgan fingerprint density at radius 3 is 2.60 bits per heavy atom. The number of benzene rings is 1. The molecule has 0 fully saturated rings. The first-order valence-corrected chi connectivity index (χ1v) is 5.13. The van der Waals surface area contributed by atoms with Gasteiger partial charge in [-0.25, -0.2) is 0 Å². The number of methoxy groups -OCH3 is 1. The zero-order valence-corrected chi connectivity index (χ0v) is 9.02. The van der Waals surface area contributed by atoms with E-state index in [1.165, 1.54) is 0 Å². The predicted octanol–water partition coefficient (Wildman–Crippen LogP) is 2.68. The number of unbranched alkanes of at least 4 members (excludes halogenated alkanes) is 1. The van der Waals surface area contributed by atoms with Crippen LogP contribution in [-0.4, -0.2) is 24.6 Å². The standard InChI is InChI=1S/C12H17NO2/c1-15-10-6-5-9-12(13-14)11-7-3-2-4-8-11/h2-4,7-8,14H,5-6,9-10H2,1H3/b13-12+. The summed E-state index contributed by atoms with van der Waals surface area (Å²) in [6, 6.07) is 9.73. The lowest BCUT2D eigenvalue weighted by Gasteiger charge is -2.04.